The zero-order chi connectivity index (χ0) is 21.3. The summed E-state index contributed by atoms with van der Waals surface area (Å²) in [6.45, 7) is 6.86. The van der Waals surface area contributed by atoms with Crippen LogP contribution in [0.1, 0.15) is 42.0 Å². The van der Waals surface area contributed by atoms with Gasteiger partial charge in [0.25, 0.3) is 5.91 Å². The van der Waals surface area contributed by atoms with Gasteiger partial charge in [0.05, 0.1) is 16.4 Å². The van der Waals surface area contributed by atoms with Crippen molar-refractivity contribution in [1.82, 2.24) is 24.9 Å². The zero-order valence-corrected chi connectivity index (χ0v) is 17.8. The first-order chi connectivity index (χ1) is 14.3. The molecule has 0 radical (unpaired) electrons. The summed E-state index contributed by atoms with van der Waals surface area (Å²) in [5, 5.41) is 10.4. The number of halogens is 1. The molecule has 0 bridgehead atoms. The minimum atomic E-state index is -0.306. The standard InChI is InChI=1S/C22H22FN5OS/c1-22(2,3)18-13-30-20(26-18)9-11-25-21(29)16-12-19-24-10-8-17(28(19)27-16)14-4-6-15(23)7-5-14/h4-8,10,12-13H,9,11H2,1-3H3,(H,25,29). The second-order valence-corrected chi connectivity index (χ2v) is 8.96. The number of nitrogens with zero attached hydrogens (tertiary/aromatic N) is 4. The summed E-state index contributed by atoms with van der Waals surface area (Å²) in [5.74, 6) is -0.572. The normalized spacial score (nSPS) is 11.7. The van der Waals surface area contributed by atoms with Crippen molar-refractivity contribution in [2.45, 2.75) is 32.6 Å². The van der Waals surface area contributed by atoms with Crippen molar-refractivity contribution in [3.63, 3.8) is 0 Å². The number of fused-ring (bicyclic) bond motifs is 1. The van der Waals surface area contributed by atoms with Crippen LogP contribution >= 0.6 is 11.3 Å². The highest BCUT2D eigenvalue weighted by atomic mass is 32.1. The fraction of sp³-hybridized carbons (Fsp3) is 0.273. The van der Waals surface area contributed by atoms with Gasteiger partial charge in [0.1, 0.15) is 5.82 Å². The third kappa shape index (κ3) is 4.23. The number of hydrogen-bond acceptors (Lipinski definition) is 5. The minimum absolute atomic E-state index is 0.0176. The fourth-order valence-corrected chi connectivity index (χ4v) is 4.01. The molecule has 1 amide bonds. The van der Waals surface area contributed by atoms with Crippen molar-refractivity contribution in [1.29, 1.82) is 0 Å². The number of carbonyl (C=O) groups is 1. The maximum absolute atomic E-state index is 13.2. The number of benzene rings is 1. The quantitative estimate of drug-likeness (QED) is 0.521. The summed E-state index contributed by atoms with van der Waals surface area (Å²) in [6, 6.07) is 9.55. The van der Waals surface area contributed by atoms with Crippen molar-refractivity contribution < 1.29 is 9.18 Å². The molecular weight excluding hydrogens is 401 g/mol. The molecule has 0 spiro atoms. The highest BCUT2D eigenvalue weighted by molar-refractivity contribution is 7.09. The lowest BCUT2D eigenvalue weighted by molar-refractivity contribution is 0.0949. The van der Waals surface area contributed by atoms with E-state index < -0.39 is 0 Å². The van der Waals surface area contributed by atoms with Gasteiger partial charge in [0, 0.05) is 41.6 Å². The van der Waals surface area contributed by atoms with Crippen LogP contribution in [0.4, 0.5) is 4.39 Å². The van der Waals surface area contributed by atoms with Crippen LogP contribution in [-0.4, -0.2) is 32.0 Å². The van der Waals surface area contributed by atoms with Crippen molar-refractivity contribution in [2.75, 3.05) is 6.54 Å². The van der Waals surface area contributed by atoms with E-state index in [9.17, 15) is 9.18 Å². The molecule has 0 aliphatic heterocycles. The van der Waals surface area contributed by atoms with Gasteiger partial charge in [0.2, 0.25) is 0 Å². The number of aromatic nitrogens is 4. The van der Waals surface area contributed by atoms with Crippen LogP contribution in [0.25, 0.3) is 16.9 Å². The van der Waals surface area contributed by atoms with Crippen LogP contribution in [0.3, 0.4) is 0 Å². The van der Waals surface area contributed by atoms with E-state index in [1.807, 2.05) is 0 Å². The first-order valence-electron chi connectivity index (χ1n) is 9.65. The summed E-state index contributed by atoms with van der Waals surface area (Å²) >= 11 is 1.61. The molecule has 154 valence electrons. The molecule has 8 heteroatoms. The van der Waals surface area contributed by atoms with Crippen molar-refractivity contribution >= 4 is 22.9 Å². The Bertz CT molecular complexity index is 1190. The highest BCUT2D eigenvalue weighted by Gasteiger charge is 2.18. The highest BCUT2D eigenvalue weighted by Crippen LogP contribution is 2.24. The maximum atomic E-state index is 13.2. The Labute approximate surface area is 177 Å². The topological polar surface area (TPSA) is 72.2 Å². The Morgan fingerprint density at radius 3 is 2.67 bits per heavy atom. The molecule has 0 aliphatic carbocycles. The van der Waals surface area contributed by atoms with Crippen LogP contribution in [-0.2, 0) is 11.8 Å². The molecule has 0 aliphatic rings. The number of thiazole rings is 1. The molecule has 6 nitrogen and oxygen atoms in total. The molecule has 3 aromatic heterocycles. The van der Waals surface area contributed by atoms with E-state index >= 15 is 0 Å². The van der Waals surface area contributed by atoms with E-state index in [0.29, 0.717) is 18.6 Å². The maximum Gasteiger partial charge on any atom is 0.271 e. The first kappa shape index (κ1) is 20.2. The second-order valence-electron chi connectivity index (χ2n) is 8.02. The van der Waals surface area contributed by atoms with Gasteiger partial charge >= 0.3 is 0 Å². The van der Waals surface area contributed by atoms with Gasteiger partial charge in [-0.2, -0.15) is 5.10 Å². The molecular formula is C22H22FN5OS. The zero-order valence-electron chi connectivity index (χ0n) is 17.0. The monoisotopic (exact) mass is 423 g/mol. The molecule has 1 N–H and O–H groups in total. The van der Waals surface area contributed by atoms with Crippen molar-refractivity contribution in [3.05, 3.63) is 70.2 Å². The summed E-state index contributed by atoms with van der Waals surface area (Å²) in [6.07, 6.45) is 2.31. The number of rotatable bonds is 5. The molecule has 4 aromatic rings. The number of hydrogen-bond donors (Lipinski definition) is 1. The number of amides is 1. The average molecular weight is 424 g/mol. The Morgan fingerprint density at radius 2 is 1.97 bits per heavy atom. The second kappa shape index (κ2) is 7.95. The first-order valence-corrected chi connectivity index (χ1v) is 10.5. The number of nitrogens with one attached hydrogen (secondary N) is 1. The minimum Gasteiger partial charge on any atom is -0.350 e. The molecule has 30 heavy (non-hydrogen) atoms. The van der Waals surface area contributed by atoms with Gasteiger partial charge in [-0.05, 0) is 30.3 Å². The van der Waals surface area contributed by atoms with Crippen LogP contribution in [0.2, 0.25) is 0 Å². The van der Waals surface area contributed by atoms with Crippen LogP contribution in [0.15, 0.2) is 48.0 Å². The van der Waals surface area contributed by atoms with Crippen molar-refractivity contribution in [3.8, 4) is 11.3 Å². The fourth-order valence-electron chi connectivity index (χ4n) is 2.99. The molecule has 0 unspecified atom stereocenters. The Kier molecular flexibility index (Phi) is 5.34. The predicted octanol–water partition coefficient (Wildman–Crippen LogP) is 4.26. The van der Waals surface area contributed by atoms with E-state index in [1.165, 1.54) is 12.1 Å². The van der Waals surface area contributed by atoms with E-state index in [1.54, 1.807) is 46.3 Å². The Balaban J connectivity index is 1.47. The molecule has 0 saturated carbocycles. The van der Waals surface area contributed by atoms with E-state index in [4.69, 9.17) is 0 Å². The molecule has 1 aromatic carbocycles. The lowest BCUT2D eigenvalue weighted by Gasteiger charge is -2.14. The summed E-state index contributed by atoms with van der Waals surface area (Å²) in [4.78, 5) is 21.5. The Hall–Kier alpha value is -3.13. The van der Waals surface area contributed by atoms with Gasteiger partial charge in [-0.15, -0.1) is 11.3 Å². The third-order valence-corrected chi connectivity index (χ3v) is 5.58. The number of carbonyl (C=O) groups excluding carboxylic acids is 1. The lowest BCUT2D eigenvalue weighted by Crippen LogP contribution is -2.26. The smallest absolute Gasteiger partial charge is 0.271 e. The molecule has 3 heterocycles. The predicted molar refractivity (Wildman–Crippen MR) is 115 cm³/mol. The third-order valence-electron chi connectivity index (χ3n) is 4.68. The lowest BCUT2D eigenvalue weighted by atomic mass is 9.93. The molecule has 0 atom stereocenters. The van der Waals surface area contributed by atoms with Crippen LogP contribution < -0.4 is 5.32 Å². The van der Waals surface area contributed by atoms with E-state index in [0.717, 1.165) is 22.0 Å². The van der Waals surface area contributed by atoms with Crippen LogP contribution in [0.5, 0.6) is 0 Å². The average Bonchev–Trinajstić information content (AvgIpc) is 3.35. The van der Waals surface area contributed by atoms with Gasteiger partial charge < -0.3 is 5.32 Å². The summed E-state index contributed by atoms with van der Waals surface area (Å²) in [7, 11) is 0. The molecule has 0 fully saturated rings. The van der Waals surface area contributed by atoms with Gasteiger partial charge in [-0.25, -0.2) is 18.9 Å². The van der Waals surface area contributed by atoms with E-state index in [-0.39, 0.29) is 22.8 Å². The summed E-state index contributed by atoms with van der Waals surface area (Å²) < 4.78 is 14.8. The molecule has 0 saturated heterocycles. The Morgan fingerprint density at radius 1 is 1.20 bits per heavy atom. The van der Waals surface area contributed by atoms with Gasteiger partial charge in [-0.1, -0.05) is 20.8 Å². The van der Waals surface area contributed by atoms with Gasteiger partial charge in [-0.3, -0.25) is 4.79 Å². The SMILES string of the molecule is CC(C)(C)c1csc(CCNC(=O)c2cc3nccc(-c4ccc(F)cc4)n3n2)n1. The largest absolute Gasteiger partial charge is 0.350 e. The van der Waals surface area contributed by atoms with E-state index in [2.05, 4.69) is 46.5 Å². The van der Waals surface area contributed by atoms with Crippen molar-refractivity contribution in [2.24, 2.45) is 0 Å². The van der Waals surface area contributed by atoms with Crippen LogP contribution in [0, 0.1) is 5.82 Å². The van der Waals surface area contributed by atoms with Gasteiger partial charge in [0.15, 0.2) is 11.3 Å². The molecule has 4 rings (SSSR count). The summed E-state index contributed by atoms with van der Waals surface area (Å²) in [5.41, 5.74) is 3.44.